The summed E-state index contributed by atoms with van der Waals surface area (Å²) in [5, 5.41) is 16.9. The average Bonchev–Trinajstić information content (AvgIpc) is 3.21. The number of rotatable bonds is 2. The number of phenolic OH excluding ortho intramolecular Hbond substituents is 1. The van der Waals surface area contributed by atoms with E-state index in [-0.39, 0.29) is 11.7 Å². The molecule has 0 atom stereocenters. The van der Waals surface area contributed by atoms with Crippen LogP contribution in [0.2, 0.25) is 0 Å². The molecule has 2 aromatic carbocycles. The number of halogens is 2. The Bertz CT molecular complexity index is 1000. The molecular formula is C19H11Br2NO2S. The van der Waals surface area contributed by atoms with Crippen LogP contribution in [0, 0.1) is 0 Å². The number of carbonyl (C=O) groups excluding carboxylic acids is 1. The first-order valence-corrected chi connectivity index (χ1v) is 9.94. The number of hydrogen-bond acceptors (Lipinski definition) is 3. The van der Waals surface area contributed by atoms with Gasteiger partial charge in [-0.3, -0.25) is 4.79 Å². The van der Waals surface area contributed by atoms with Gasteiger partial charge in [0.2, 0.25) is 0 Å². The number of aromatic hydroxyl groups is 1. The first-order chi connectivity index (χ1) is 12.0. The Kier molecular flexibility index (Phi) is 4.27. The fourth-order valence-electron chi connectivity index (χ4n) is 2.77. The van der Waals surface area contributed by atoms with Crippen LogP contribution in [-0.4, -0.2) is 11.0 Å². The van der Waals surface area contributed by atoms with Crippen molar-refractivity contribution >= 4 is 66.4 Å². The van der Waals surface area contributed by atoms with Gasteiger partial charge >= 0.3 is 0 Å². The van der Waals surface area contributed by atoms with E-state index >= 15 is 0 Å². The van der Waals surface area contributed by atoms with E-state index in [2.05, 4.69) is 48.6 Å². The fourth-order valence-corrected chi connectivity index (χ4v) is 4.66. The van der Waals surface area contributed by atoms with Crippen LogP contribution < -0.4 is 5.32 Å². The zero-order chi connectivity index (χ0) is 17.6. The molecule has 3 aromatic rings. The van der Waals surface area contributed by atoms with Crippen molar-refractivity contribution in [3.63, 3.8) is 0 Å². The molecule has 0 unspecified atom stereocenters. The van der Waals surface area contributed by atoms with Gasteiger partial charge in [0.25, 0.3) is 5.91 Å². The lowest BCUT2D eigenvalue weighted by molar-refractivity contribution is -0.110. The van der Waals surface area contributed by atoms with Crippen molar-refractivity contribution in [2.45, 2.75) is 0 Å². The monoisotopic (exact) mass is 475 g/mol. The second-order valence-electron chi connectivity index (χ2n) is 5.62. The molecule has 1 aromatic heterocycles. The Hall–Kier alpha value is -1.89. The second kappa shape index (κ2) is 6.44. The standard InChI is InChI=1S/C19H11Br2NO2S/c20-15-6-10(7-16(21)18(15)23)5-14-13-8-11(12-3-4-25-9-12)1-2-17(13)22-19(14)24/h1-9,23H,(H,22,24). The number of thiophene rings is 1. The molecule has 25 heavy (non-hydrogen) atoms. The van der Waals surface area contributed by atoms with Crippen LogP contribution in [0.5, 0.6) is 5.75 Å². The highest BCUT2D eigenvalue weighted by atomic mass is 79.9. The third-order valence-corrected chi connectivity index (χ3v) is 5.90. The summed E-state index contributed by atoms with van der Waals surface area (Å²) in [5.41, 5.74) is 5.34. The molecule has 2 heterocycles. The number of anilines is 1. The molecule has 1 aliphatic rings. The minimum absolute atomic E-state index is 0.127. The highest BCUT2D eigenvalue weighted by Gasteiger charge is 2.24. The Morgan fingerprint density at radius 1 is 1.04 bits per heavy atom. The summed E-state index contributed by atoms with van der Waals surface area (Å²) in [7, 11) is 0. The van der Waals surface area contributed by atoms with Gasteiger partial charge in [0.1, 0.15) is 5.75 Å². The molecule has 1 amide bonds. The topological polar surface area (TPSA) is 49.3 Å². The minimum atomic E-state index is -0.127. The quantitative estimate of drug-likeness (QED) is 0.436. The molecule has 0 saturated carbocycles. The van der Waals surface area contributed by atoms with Gasteiger partial charge in [-0.15, -0.1) is 0 Å². The van der Waals surface area contributed by atoms with Gasteiger partial charge in [-0.05, 0) is 95.7 Å². The van der Waals surface area contributed by atoms with E-state index in [9.17, 15) is 9.90 Å². The van der Waals surface area contributed by atoms with Gasteiger partial charge in [-0.1, -0.05) is 6.07 Å². The van der Waals surface area contributed by atoms with Crippen LogP contribution in [0.25, 0.3) is 22.8 Å². The first kappa shape index (κ1) is 16.6. The number of carbonyl (C=O) groups is 1. The summed E-state index contributed by atoms with van der Waals surface area (Å²) in [6.07, 6.45) is 1.83. The summed E-state index contributed by atoms with van der Waals surface area (Å²) in [5.74, 6) is 0.0101. The molecule has 0 spiro atoms. The maximum absolute atomic E-state index is 12.4. The molecule has 0 aliphatic carbocycles. The van der Waals surface area contributed by atoms with Crippen molar-refractivity contribution in [2.75, 3.05) is 5.32 Å². The van der Waals surface area contributed by atoms with E-state index in [4.69, 9.17) is 0 Å². The van der Waals surface area contributed by atoms with Crippen LogP contribution >= 0.6 is 43.2 Å². The summed E-state index contributed by atoms with van der Waals surface area (Å²) < 4.78 is 1.14. The van der Waals surface area contributed by atoms with E-state index in [1.54, 1.807) is 23.5 Å². The Morgan fingerprint density at radius 2 is 1.80 bits per heavy atom. The van der Waals surface area contributed by atoms with Crippen LogP contribution in [0.15, 0.2) is 56.1 Å². The summed E-state index contributed by atoms with van der Waals surface area (Å²) in [6.45, 7) is 0. The van der Waals surface area contributed by atoms with Gasteiger partial charge in [0.15, 0.2) is 0 Å². The molecule has 4 rings (SSSR count). The third kappa shape index (κ3) is 3.05. The van der Waals surface area contributed by atoms with E-state index in [0.29, 0.717) is 14.5 Å². The zero-order valence-electron chi connectivity index (χ0n) is 12.7. The number of benzene rings is 2. The number of amides is 1. The van der Waals surface area contributed by atoms with E-state index in [1.165, 1.54) is 0 Å². The van der Waals surface area contributed by atoms with E-state index in [0.717, 1.165) is 27.9 Å². The molecule has 0 fully saturated rings. The lowest BCUT2D eigenvalue weighted by atomic mass is 9.99. The zero-order valence-corrected chi connectivity index (χ0v) is 16.7. The van der Waals surface area contributed by atoms with E-state index in [1.807, 2.05) is 29.7 Å². The SMILES string of the molecule is O=C1Nc2ccc(-c3ccsc3)cc2C1=Cc1cc(Br)c(O)c(Br)c1. The van der Waals surface area contributed by atoms with Crippen LogP contribution in [0.3, 0.4) is 0 Å². The second-order valence-corrected chi connectivity index (χ2v) is 8.11. The molecule has 1 aliphatic heterocycles. The predicted molar refractivity (Wildman–Crippen MR) is 110 cm³/mol. The van der Waals surface area contributed by atoms with Gasteiger partial charge in [-0.2, -0.15) is 11.3 Å². The molecule has 3 nitrogen and oxygen atoms in total. The third-order valence-electron chi connectivity index (χ3n) is 4.01. The largest absolute Gasteiger partial charge is 0.506 e. The van der Waals surface area contributed by atoms with Gasteiger partial charge in [0.05, 0.1) is 8.95 Å². The number of hydrogen-bond donors (Lipinski definition) is 2. The fraction of sp³-hybridized carbons (Fsp3) is 0. The van der Waals surface area contributed by atoms with Gasteiger partial charge in [-0.25, -0.2) is 0 Å². The van der Waals surface area contributed by atoms with Crippen LogP contribution in [0.4, 0.5) is 5.69 Å². The molecule has 2 N–H and O–H groups in total. The Morgan fingerprint density at radius 3 is 2.48 bits per heavy atom. The maximum Gasteiger partial charge on any atom is 0.256 e. The summed E-state index contributed by atoms with van der Waals surface area (Å²) >= 11 is 8.29. The van der Waals surface area contributed by atoms with Crippen molar-refractivity contribution in [2.24, 2.45) is 0 Å². The number of fused-ring (bicyclic) bond motifs is 1. The van der Waals surface area contributed by atoms with Gasteiger partial charge in [0, 0.05) is 16.8 Å². The minimum Gasteiger partial charge on any atom is -0.506 e. The maximum atomic E-state index is 12.4. The molecule has 0 radical (unpaired) electrons. The molecule has 124 valence electrons. The highest BCUT2D eigenvalue weighted by Crippen LogP contribution is 2.38. The lowest BCUT2D eigenvalue weighted by Gasteiger charge is -2.05. The normalized spacial score (nSPS) is 14.6. The van der Waals surface area contributed by atoms with Crippen LogP contribution in [0.1, 0.15) is 11.1 Å². The molecular weight excluding hydrogens is 466 g/mol. The van der Waals surface area contributed by atoms with Crippen molar-refractivity contribution in [1.29, 1.82) is 0 Å². The first-order valence-electron chi connectivity index (χ1n) is 7.41. The Labute approximate surface area is 165 Å². The van der Waals surface area contributed by atoms with Crippen molar-refractivity contribution < 1.29 is 9.90 Å². The van der Waals surface area contributed by atoms with Crippen molar-refractivity contribution in [1.82, 2.24) is 0 Å². The molecule has 6 heteroatoms. The summed E-state index contributed by atoms with van der Waals surface area (Å²) in [4.78, 5) is 12.4. The highest BCUT2D eigenvalue weighted by molar-refractivity contribution is 9.11. The lowest BCUT2D eigenvalue weighted by Crippen LogP contribution is -2.03. The molecule has 0 saturated heterocycles. The smallest absolute Gasteiger partial charge is 0.256 e. The van der Waals surface area contributed by atoms with E-state index < -0.39 is 0 Å². The summed E-state index contributed by atoms with van der Waals surface area (Å²) in [6, 6.07) is 11.6. The van der Waals surface area contributed by atoms with Crippen molar-refractivity contribution in [3.05, 3.63) is 67.2 Å². The molecule has 0 bridgehead atoms. The van der Waals surface area contributed by atoms with Crippen LogP contribution in [-0.2, 0) is 4.79 Å². The van der Waals surface area contributed by atoms with Crippen molar-refractivity contribution in [3.8, 4) is 16.9 Å². The Balaban J connectivity index is 1.82. The predicted octanol–water partition coefficient (Wildman–Crippen LogP) is 6.14. The number of phenols is 1. The average molecular weight is 477 g/mol. The van der Waals surface area contributed by atoms with Gasteiger partial charge < -0.3 is 10.4 Å². The number of nitrogens with one attached hydrogen (secondary N) is 1.